The molecule has 0 radical (unpaired) electrons. The normalized spacial score (nSPS) is 15.5. The van der Waals surface area contributed by atoms with Gasteiger partial charge in [-0.25, -0.2) is 0 Å². The smallest absolute Gasteiger partial charge is 0.303 e. The van der Waals surface area contributed by atoms with E-state index in [1.807, 2.05) is 81.8 Å². The van der Waals surface area contributed by atoms with Crippen molar-refractivity contribution in [2.45, 2.75) is 242 Å². The van der Waals surface area contributed by atoms with E-state index in [9.17, 15) is 48.9 Å². The lowest BCUT2D eigenvalue weighted by molar-refractivity contribution is -0.263. The van der Waals surface area contributed by atoms with Crippen molar-refractivity contribution in [1.82, 2.24) is 26.6 Å². The Morgan fingerprint density at radius 1 is 0.635 bits per heavy atom. The highest BCUT2D eigenvalue weighted by Gasteiger charge is 2.34. The van der Waals surface area contributed by atoms with Crippen LogP contribution in [-0.4, -0.2) is 259 Å². The van der Waals surface area contributed by atoms with Gasteiger partial charge in [-0.2, -0.15) is 0 Å². The summed E-state index contributed by atoms with van der Waals surface area (Å²) in [7, 11) is 4.75. The van der Waals surface area contributed by atoms with Crippen LogP contribution in [-0.2, 0) is 71.5 Å². The molecule has 1 aliphatic rings. The Labute approximate surface area is 578 Å². The van der Waals surface area contributed by atoms with Crippen LogP contribution in [0.5, 0.6) is 0 Å². The standard InChI is InChI=1S/C14H27NO5.C12H24N2O3.C11H24O5.C9H20N2O2.C7H14O.C6H12O.C4H6O3.C3H8.CH2O2.CH4O/c1-3-4-5-15-6-7-18-8-9-19-14-13(17)10-12(16)11(2)20-14;1-11(5-8-15)3-4-12(16)14-7-10-17-9-6-13-2;1-3-4-15-5-6-16-9(2)11(14)7-10(13)8-12;1-3-4-9(12)11-6-8-13-7-5-10-2;1-4-6(3)7(8)5-2;1-3-5-6(7)4-2;5-3-1-2-4(6)7;1-3-2;2-1-3;1-2/h4-5,11-17H,3,6-10H2,1-2H3;8,11,13H,3-7,9-10H2,1-2H3,(H,14,16);9-14H,3-8H2,1-2H3;10H,3-8H2,1-2H3,(H,11,12);6H,4-5H2,1-3H3;3-5H2,1-2H3;3H,1-2H2,(H,6,7);3H2,1-2H3;1H,(H,2,3);2H,1H3/b5-4+;;;;;;;;;/t11-,12?,13+,14?;;9-,10+,11?;;;;;;;/m0.0......./s1. The minimum absolute atomic E-state index is 0.0277. The maximum Gasteiger partial charge on any atom is 0.303 e. The van der Waals surface area contributed by atoms with E-state index in [0.717, 1.165) is 78.0 Å². The number of hydrogen-bond acceptors (Lipinski definition) is 24. The van der Waals surface area contributed by atoms with E-state index in [0.29, 0.717) is 129 Å². The SMILES string of the molecule is CC/C=C/NCCOCCOC1O[C@@H](C)C(O)C[C@H]1O.CCC.CCC(=O)C(C)CC.CCCC(=O)CC.CCCC(=O)NCCOCCNC.CCCOCCO[C@@H](C)C(O)C[C@@H](O)CO.CNCCOCCNC(=O)CCC(C)CC=O.CO.O=CCCC(=O)O.O=CO. The molecule has 0 aromatic rings. The second-order valence-corrected chi connectivity index (χ2v) is 21.3. The van der Waals surface area contributed by atoms with Gasteiger partial charge in [-0.15, -0.1) is 0 Å². The first-order chi connectivity index (χ1) is 45.9. The molecule has 1 saturated heterocycles. The van der Waals surface area contributed by atoms with Crippen LogP contribution in [0.1, 0.15) is 199 Å². The van der Waals surface area contributed by atoms with Crippen LogP contribution in [0.3, 0.4) is 0 Å². The quantitative estimate of drug-likeness (QED) is 0.0270. The summed E-state index contributed by atoms with van der Waals surface area (Å²) in [5, 5.41) is 82.9. The summed E-state index contributed by atoms with van der Waals surface area (Å²) in [5.41, 5.74) is 0. The molecule has 0 bridgehead atoms. The van der Waals surface area contributed by atoms with Gasteiger partial charge in [-0.05, 0) is 78.6 Å². The van der Waals surface area contributed by atoms with Crippen LogP contribution in [0.4, 0.5) is 0 Å². The van der Waals surface area contributed by atoms with Gasteiger partial charge in [0.1, 0.15) is 30.2 Å². The molecule has 1 heterocycles. The van der Waals surface area contributed by atoms with Crippen molar-refractivity contribution in [2.24, 2.45) is 11.8 Å². The number of Topliss-reactive ketones (excluding diaryl/α,β-unsaturated/α-hetero) is 2. The van der Waals surface area contributed by atoms with Crippen molar-refractivity contribution in [1.29, 1.82) is 0 Å². The number of allylic oxidation sites excluding steroid dienone is 1. The van der Waals surface area contributed by atoms with Crippen molar-refractivity contribution in [3.63, 3.8) is 0 Å². The zero-order chi connectivity index (χ0) is 75.4. The molecule has 5 unspecified atom stereocenters. The predicted octanol–water partition coefficient (Wildman–Crippen LogP) is 5.35. The van der Waals surface area contributed by atoms with Crippen LogP contribution in [0.25, 0.3) is 0 Å². The highest BCUT2D eigenvalue weighted by Crippen LogP contribution is 2.21. The lowest BCUT2D eigenvalue weighted by Gasteiger charge is -2.35. The summed E-state index contributed by atoms with van der Waals surface area (Å²) in [5.74, 6) is 0.534. The highest BCUT2D eigenvalue weighted by atomic mass is 16.7. The molecule has 2 amide bonds. The number of amides is 2. The van der Waals surface area contributed by atoms with E-state index >= 15 is 0 Å². The van der Waals surface area contributed by atoms with Gasteiger partial charge >= 0.3 is 5.97 Å². The van der Waals surface area contributed by atoms with Crippen LogP contribution in [0.2, 0.25) is 0 Å². The Kier molecular flexibility index (Phi) is 109. The minimum Gasteiger partial charge on any atom is -0.483 e. The molecule has 1 aliphatic heterocycles. The number of ketones is 2. The first kappa shape index (κ1) is 110. The largest absolute Gasteiger partial charge is 0.483 e. The fraction of sp³-hybridized carbons (Fsp3) is 0.853. The second-order valence-electron chi connectivity index (χ2n) is 21.3. The van der Waals surface area contributed by atoms with Crippen LogP contribution >= 0.6 is 0 Å². The van der Waals surface area contributed by atoms with Crippen LogP contribution in [0.15, 0.2) is 12.3 Å². The maximum absolute atomic E-state index is 11.4. The van der Waals surface area contributed by atoms with Crippen LogP contribution in [0, 0.1) is 11.8 Å². The number of aliphatic carboxylic acids is 1. The molecule has 28 heteroatoms. The third kappa shape index (κ3) is 101. The Morgan fingerprint density at radius 2 is 1.14 bits per heavy atom. The third-order valence-corrected chi connectivity index (χ3v) is 12.2. The fourth-order valence-electron chi connectivity index (χ4n) is 6.39. The molecule has 1 fully saturated rings. The van der Waals surface area contributed by atoms with Crippen LogP contribution < -0.4 is 26.6 Å². The number of aliphatic hydroxyl groups is 6. The first-order valence-corrected chi connectivity index (χ1v) is 34.3. The Hall–Kier alpha value is -4.50. The summed E-state index contributed by atoms with van der Waals surface area (Å²) >= 11 is 0. The number of aldehydes is 2. The molecule has 0 aliphatic carbocycles. The number of carboxylic acid groups (broad SMARTS) is 2. The van der Waals surface area contributed by atoms with Crippen molar-refractivity contribution >= 4 is 48.4 Å². The fourth-order valence-corrected chi connectivity index (χ4v) is 6.39. The first-order valence-electron chi connectivity index (χ1n) is 34.3. The predicted molar refractivity (Wildman–Crippen MR) is 376 cm³/mol. The Bertz CT molecular complexity index is 1660. The van der Waals surface area contributed by atoms with E-state index in [4.69, 9.17) is 63.5 Å². The van der Waals surface area contributed by atoms with Gasteiger partial charge in [0, 0.05) is 110 Å². The zero-order valence-corrected chi connectivity index (χ0v) is 62.1. The summed E-state index contributed by atoms with van der Waals surface area (Å²) in [4.78, 5) is 81.1. The molecule has 9 atom stereocenters. The molecule has 576 valence electrons. The number of ether oxygens (including phenoxy) is 7. The summed E-state index contributed by atoms with van der Waals surface area (Å²) in [6.45, 7) is 34.2. The lowest BCUT2D eigenvalue weighted by Crippen LogP contribution is -2.47. The molecule has 0 spiro atoms. The molecule has 0 aromatic carbocycles. The third-order valence-electron chi connectivity index (χ3n) is 12.2. The van der Waals surface area contributed by atoms with Gasteiger partial charge in [-0.3, -0.25) is 28.8 Å². The summed E-state index contributed by atoms with van der Waals surface area (Å²) < 4.78 is 37.2. The van der Waals surface area contributed by atoms with E-state index in [1.54, 1.807) is 13.8 Å². The monoisotopic (exact) mass is 1400 g/mol. The molecular weight excluding hydrogens is 1250 g/mol. The van der Waals surface area contributed by atoms with Gasteiger partial charge in [0.05, 0.1) is 103 Å². The molecule has 1 rings (SSSR count). The van der Waals surface area contributed by atoms with E-state index in [2.05, 4.69) is 47.4 Å². The number of rotatable bonds is 47. The average Bonchev–Trinajstić information content (AvgIpc) is 1.52. The van der Waals surface area contributed by atoms with Gasteiger partial charge in [0.2, 0.25) is 11.8 Å². The number of likely N-dealkylation sites (N-methyl/N-ethyl adjacent to an activating group) is 2. The molecule has 0 saturated carbocycles. The number of hydrogen-bond donors (Lipinski definition) is 13. The molecule has 96 heavy (non-hydrogen) atoms. The van der Waals surface area contributed by atoms with Gasteiger partial charge < -0.3 is 110 Å². The number of carboxylic acids is 1. The van der Waals surface area contributed by atoms with Crippen molar-refractivity contribution in [2.75, 3.05) is 127 Å². The second kappa shape index (κ2) is 94.7. The molecule has 13 N–H and O–H groups in total. The van der Waals surface area contributed by atoms with Gasteiger partial charge in [0.15, 0.2) is 6.29 Å². The Morgan fingerprint density at radius 3 is 1.55 bits per heavy atom. The maximum atomic E-state index is 11.4. The number of carbonyl (C=O) groups excluding carboxylic acids is 6. The summed E-state index contributed by atoms with van der Waals surface area (Å²) in [6.07, 6.45) is 12.1. The molecular formula is C68H141N5O23. The highest BCUT2D eigenvalue weighted by molar-refractivity contribution is 5.80. The van der Waals surface area contributed by atoms with Crippen molar-refractivity contribution < 1.29 is 112 Å². The van der Waals surface area contributed by atoms with E-state index < -0.39 is 36.7 Å². The number of carbonyl (C=O) groups is 8. The Balaban J connectivity index is -0.000000132. The van der Waals surface area contributed by atoms with Gasteiger partial charge in [0.25, 0.3) is 6.47 Å². The molecule has 28 nitrogen and oxygen atoms in total. The zero-order valence-electron chi connectivity index (χ0n) is 62.1. The minimum atomic E-state index is -0.924. The topological polar surface area (TPSA) is 423 Å². The average molecular weight is 1400 g/mol. The number of aliphatic hydroxyl groups excluding tert-OH is 6. The number of nitrogens with one attached hydrogen (secondary N) is 5. The van der Waals surface area contributed by atoms with E-state index in [-0.39, 0.29) is 74.6 Å². The molecule has 0 aromatic heterocycles. The van der Waals surface area contributed by atoms with Gasteiger partial charge in [-0.1, -0.05) is 88.7 Å². The van der Waals surface area contributed by atoms with Crippen molar-refractivity contribution in [3.8, 4) is 0 Å². The lowest BCUT2D eigenvalue weighted by atomic mass is 10.0. The van der Waals surface area contributed by atoms with Crippen molar-refractivity contribution in [3.05, 3.63) is 12.3 Å². The summed E-state index contributed by atoms with van der Waals surface area (Å²) in [6, 6.07) is 0. The van der Waals surface area contributed by atoms with E-state index in [1.165, 1.54) is 6.42 Å².